The molecule has 0 N–H and O–H groups in total. The summed E-state index contributed by atoms with van der Waals surface area (Å²) in [7, 11) is 0. The molecular formula is C15H18ClFO2. The molecule has 0 amide bonds. The van der Waals surface area contributed by atoms with E-state index in [2.05, 4.69) is 0 Å². The van der Waals surface area contributed by atoms with E-state index in [1.165, 1.54) is 6.07 Å². The van der Waals surface area contributed by atoms with Gasteiger partial charge in [0.1, 0.15) is 11.6 Å². The second-order valence-electron chi connectivity index (χ2n) is 5.03. The minimum absolute atomic E-state index is 0.0481. The van der Waals surface area contributed by atoms with Crippen LogP contribution >= 0.6 is 11.6 Å². The molecule has 104 valence electrons. The molecule has 0 saturated heterocycles. The van der Waals surface area contributed by atoms with Crippen LogP contribution < -0.4 is 0 Å². The lowest BCUT2D eigenvalue weighted by atomic mass is 9.78. The number of Topliss-reactive ketones (excluding diaryl/α,β-unsaturated/α-hetero) is 1. The lowest BCUT2D eigenvalue weighted by molar-refractivity contribution is -0.121. The van der Waals surface area contributed by atoms with Crippen molar-refractivity contribution in [2.75, 3.05) is 6.61 Å². The summed E-state index contributed by atoms with van der Waals surface area (Å²) >= 11 is 5.91. The molecule has 2 nitrogen and oxygen atoms in total. The van der Waals surface area contributed by atoms with E-state index in [1.807, 2.05) is 6.92 Å². The Bertz CT molecular complexity index is 435. The van der Waals surface area contributed by atoms with Gasteiger partial charge in [-0.2, -0.15) is 0 Å². The Morgan fingerprint density at radius 3 is 2.84 bits per heavy atom. The highest BCUT2D eigenvalue weighted by Gasteiger charge is 2.31. The fourth-order valence-corrected chi connectivity index (χ4v) is 2.74. The molecule has 0 aliphatic heterocycles. The van der Waals surface area contributed by atoms with Gasteiger partial charge in [-0.05, 0) is 37.8 Å². The number of rotatable bonds is 6. The van der Waals surface area contributed by atoms with Gasteiger partial charge in [0.15, 0.2) is 0 Å². The summed E-state index contributed by atoms with van der Waals surface area (Å²) in [5, 5.41) is 0.328. The molecule has 0 radical (unpaired) electrons. The van der Waals surface area contributed by atoms with Gasteiger partial charge in [0.05, 0.1) is 6.10 Å². The van der Waals surface area contributed by atoms with Crippen LogP contribution in [0.5, 0.6) is 0 Å². The highest BCUT2D eigenvalue weighted by atomic mass is 35.5. The predicted molar refractivity (Wildman–Crippen MR) is 72.9 cm³/mol. The number of carbonyl (C=O) groups excluding carboxylic acids is 1. The van der Waals surface area contributed by atoms with E-state index in [9.17, 15) is 9.18 Å². The van der Waals surface area contributed by atoms with Crippen LogP contribution in [0.4, 0.5) is 4.39 Å². The zero-order valence-electron chi connectivity index (χ0n) is 11.0. The average Bonchev–Trinajstić information content (AvgIpc) is 2.31. The van der Waals surface area contributed by atoms with Gasteiger partial charge in [-0.3, -0.25) is 4.79 Å². The van der Waals surface area contributed by atoms with Crippen LogP contribution in [-0.4, -0.2) is 18.5 Å². The highest BCUT2D eigenvalue weighted by Crippen LogP contribution is 2.33. The molecule has 0 atom stereocenters. The molecule has 1 aliphatic carbocycles. The van der Waals surface area contributed by atoms with Crippen molar-refractivity contribution in [3.8, 4) is 0 Å². The lowest BCUT2D eigenvalue weighted by Crippen LogP contribution is -2.33. The van der Waals surface area contributed by atoms with E-state index in [4.69, 9.17) is 16.3 Å². The molecule has 1 aromatic rings. The fourth-order valence-electron chi connectivity index (χ4n) is 2.51. The molecular weight excluding hydrogens is 267 g/mol. The van der Waals surface area contributed by atoms with Crippen molar-refractivity contribution in [1.82, 2.24) is 0 Å². The molecule has 1 fully saturated rings. The van der Waals surface area contributed by atoms with Crippen LogP contribution in [-0.2, 0) is 16.0 Å². The van der Waals surface area contributed by atoms with E-state index in [-0.39, 0.29) is 12.2 Å². The summed E-state index contributed by atoms with van der Waals surface area (Å²) < 4.78 is 19.0. The Morgan fingerprint density at radius 2 is 2.21 bits per heavy atom. The predicted octanol–water partition coefficient (Wildman–Crippen LogP) is 3.80. The van der Waals surface area contributed by atoms with E-state index in [0.717, 1.165) is 19.4 Å². The summed E-state index contributed by atoms with van der Waals surface area (Å²) in [6.07, 6.45) is 2.75. The third-order valence-corrected chi connectivity index (χ3v) is 3.90. The largest absolute Gasteiger partial charge is 0.378 e. The molecule has 4 heteroatoms. The molecule has 0 unspecified atom stereocenters. The van der Waals surface area contributed by atoms with Gasteiger partial charge in [0, 0.05) is 30.0 Å². The van der Waals surface area contributed by atoms with E-state index < -0.39 is 5.82 Å². The normalized spacial score (nSPS) is 22.1. The van der Waals surface area contributed by atoms with Crippen LogP contribution in [0.15, 0.2) is 18.2 Å². The van der Waals surface area contributed by atoms with Gasteiger partial charge in [-0.1, -0.05) is 17.7 Å². The van der Waals surface area contributed by atoms with Crippen molar-refractivity contribution in [3.63, 3.8) is 0 Å². The first-order valence-electron chi connectivity index (χ1n) is 6.66. The number of hydrogen-bond donors (Lipinski definition) is 0. The summed E-state index contributed by atoms with van der Waals surface area (Å²) in [5.74, 6) is 0.0307. The fraction of sp³-hybridized carbons (Fsp3) is 0.533. The number of halogens is 2. The molecule has 19 heavy (non-hydrogen) atoms. The van der Waals surface area contributed by atoms with Crippen LogP contribution in [0.1, 0.15) is 31.7 Å². The first-order chi connectivity index (χ1) is 9.10. The van der Waals surface area contributed by atoms with Crippen molar-refractivity contribution < 1.29 is 13.9 Å². The third-order valence-electron chi connectivity index (χ3n) is 3.55. The van der Waals surface area contributed by atoms with Crippen LogP contribution in [0.2, 0.25) is 5.02 Å². The van der Waals surface area contributed by atoms with Gasteiger partial charge in [0.2, 0.25) is 0 Å². The van der Waals surface area contributed by atoms with E-state index in [0.29, 0.717) is 29.0 Å². The Morgan fingerprint density at radius 1 is 1.47 bits per heavy atom. The molecule has 0 spiro atoms. The SMILES string of the molecule is CCOC1CC(CC(=O)Cc2c(F)cccc2Cl)C1. The second-order valence-corrected chi connectivity index (χ2v) is 5.44. The zero-order chi connectivity index (χ0) is 13.8. The maximum Gasteiger partial charge on any atom is 0.137 e. The maximum atomic E-state index is 13.5. The molecule has 1 aliphatic rings. The maximum absolute atomic E-state index is 13.5. The number of ketones is 1. The van der Waals surface area contributed by atoms with Crippen molar-refractivity contribution in [1.29, 1.82) is 0 Å². The Balaban J connectivity index is 1.82. The summed E-state index contributed by atoms with van der Waals surface area (Å²) in [6.45, 7) is 2.69. The number of hydrogen-bond acceptors (Lipinski definition) is 2. The van der Waals surface area contributed by atoms with Crippen LogP contribution in [0, 0.1) is 11.7 Å². The third kappa shape index (κ3) is 3.77. The minimum atomic E-state index is -0.401. The number of benzene rings is 1. The van der Waals surface area contributed by atoms with Gasteiger partial charge >= 0.3 is 0 Å². The van der Waals surface area contributed by atoms with Gasteiger partial charge in [-0.15, -0.1) is 0 Å². The molecule has 0 aromatic heterocycles. The standard InChI is InChI=1S/C15H18ClFO2/c1-2-19-12-7-10(8-12)6-11(18)9-13-14(16)4-3-5-15(13)17/h3-5,10,12H,2,6-9H2,1H3. The van der Waals surface area contributed by atoms with Crippen LogP contribution in [0.3, 0.4) is 0 Å². The quantitative estimate of drug-likeness (QED) is 0.794. The van der Waals surface area contributed by atoms with Crippen molar-refractivity contribution in [2.45, 2.75) is 38.7 Å². The Labute approximate surface area is 117 Å². The topological polar surface area (TPSA) is 26.3 Å². The first-order valence-corrected chi connectivity index (χ1v) is 7.04. The smallest absolute Gasteiger partial charge is 0.137 e. The molecule has 1 saturated carbocycles. The highest BCUT2D eigenvalue weighted by molar-refractivity contribution is 6.31. The monoisotopic (exact) mass is 284 g/mol. The van der Waals surface area contributed by atoms with Crippen LogP contribution in [0.25, 0.3) is 0 Å². The first kappa shape index (κ1) is 14.5. The van der Waals surface area contributed by atoms with Crippen molar-refractivity contribution in [2.24, 2.45) is 5.92 Å². The van der Waals surface area contributed by atoms with Gasteiger partial charge in [-0.25, -0.2) is 4.39 Å². The molecule has 0 heterocycles. The number of ether oxygens (including phenoxy) is 1. The minimum Gasteiger partial charge on any atom is -0.378 e. The van der Waals surface area contributed by atoms with Crippen molar-refractivity contribution in [3.05, 3.63) is 34.6 Å². The van der Waals surface area contributed by atoms with Gasteiger partial charge < -0.3 is 4.74 Å². The van der Waals surface area contributed by atoms with Gasteiger partial charge in [0.25, 0.3) is 0 Å². The Kier molecular flexibility index (Phi) is 4.94. The summed E-state index contributed by atoms with van der Waals surface area (Å²) in [6, 6.07) is 4.49. The molecule has 0 bridgehead atoms. The number of carbonyl (C=O) groups is 1. The molecule has 2 rings (SSSR count). The van der Waals surface area contributed by atoms with Crippen molar-refractivity contribution >= 4 is 17.4 Å². The second kappa shape index (κ2) is 6.49. The summed E-state index contributed by atoms with van der Waals surface area (Å²) in [5.41, 5.74) is 0.315. The molecule has 1 aromatic carbocycles. The Hall–Kier alpha value is -0.930. The zero-order valence-corrected chi connectivity index (χ0v) is 11.8. The average molecular weight is 285 g/mol. The van der Waals surface area contributed by atoms with E-state index >= 15 is 0 Å². The van der Waals surface area contributed by atoms with E-state index in [1.54, 1.807) is 12.1 Å². The lowest BCUT2D eigenvalue weighted by Gasteiger charge is -2.34. The summed E-state index contributed by atoms with van der Waals surface area (Å²) in [4.78, 5) is 11.9.